The lowest BCUT2D eigenvalue weighted by Crippen LogP contribution is -2.45. The van der Waals surface area contributed by atoms with Gasteiger partial charge in [0, 0.05) is 45.3 Å². The number of rotatable bonds is 4. The number of hydrogen-bond donors (Lipinski definition) is 2. The lowest BCUT2D eigenvalue weighted by Gasteiger charge is -2.26. The second-order valence-electron chi connectivity index (χ2n) is 7.12. The van der Waals surface area contributed by atoms with E-state index in [1.807, 2.05) is 22.7 Å². The zero-order valence-corrected chi connectivity index (χ0v) is 18.1. The monoisotopic (exact) mass is 474 g/mol. The van der Waals surface area contributed by atoms with Crippen molar-refractivity contribution in [3.63, 3.8) is 0 Å². The summed E-state index contributed by atoms with van der Waals surface area (Å²) >= 11 is 0. The molecule has 7 nitrogen and oxygen atoms in total. The molecule has 0 radical (unpaired) electrons. The summed E-state index contributed by atoms with van der Waals surface area (Å²) in [4.78, 5) is 19.0. The highest BCUT2D eigenvalue weighted by atomic mass is 127. The van der Waals surface area contributed by atoms with E-state index in [0.29, 0.717) is 12.5 Å². The van der Waals surface area contributed by atoms with E-state index in [9.17, 15) is 4.79 Å². The molecule has 1 unspecified atom stereocenters. The Labute approximate surface area is 173 Å². The summed E-state index contributed by atoms with van der Waals surface area (Å²) in [5.41, 5.74) is 1.10. The summed E-state index contributed by atoms with van der Waals surface area (Å²) < 4.78 is 1.85. The Hall–Kier alpha value is -1.32. The van der Waals surface area contributed by atoms with Crippen LogP contribution in [0.25, 0.3) is 0 Å². The first-order chi connectivity index (χ1) is 12.2. The van der Waals surface area contributed by atoms with Crippen molar-refractivity contribution in [1.82, 2.24) is 25.3 Å². The summed E-state index contributed by atoms with van der Waals surface area (Å²) in [6, 6.07) is 2.26. The Morgan fingerprint density at radius 3 is 2.73 bits per heavy atom. The predicted octanol–water partition coefficient (Wildman–Crippen LogP) is 1.88. The standard InChI is InChI=1S/C18H30N6O.HI/c1-19-18(20-12-16-8-10-21-23(16)2)22-15-9-11-24(13-15)17(25)14-6-4-3-5-7-14;/h8,10,14-15H,3-7,9,11-13H2,1-2H3,(H2,19,20,22);1H. The highest BCUT2D eigenvalue weighted by Gasteiger charge is 2.31. The highest BCUT2D eigenvalue weighted by molar-refractivity contribution is 14.0. The van der Waals surface area contributed by atoms with Crippen molar-refractivity contribution in [2.75, 3.05) is 20.1 Å². The Morgan fingerprint density at radius 2 is 2.08 bits per heavy atom. The van der Waals surface area contributed by atoms with E-state index in [-0.39, 0.29) is 35.9 Å². The van der Waals surface area contributed by atoms with Crippen molar-refractivity contribution in [2.24, 2.45) is 18.0 Å². The number of aromatic nitrogens is 2. The fourth-order valence-corrected chi connectivity index (χ4v) is 3.82. The largest absolute Gasteiger partial charge is 0.352 e. The Kier molecular flexibility index (Phi) is 8.17. The van der Waals surface area contributed by atoms with Gasteiger partial charge >= 0.3 is 0 Å². The summed E-state index contributed by atoms with van der Waals surface area (Å²) in [6.07, 6.45) is 8.60. The molecule has 0 bridgehead atoms. The van der Waals surface area contributed by atoms with Gasteiger partial charge in [0.25, 0.3) is 0 Å². The molecule has 1 saturated carbocycles. The van der Waals surface area contributed by atoms with Crippen molar-refractivity contribution >= 4 is 35.8 Å². The number of guanidine groups is 1. The van der Waals surface area contributed by atoms with Gasteiger partial charge in [-0.3, -0.25) is 14.5 Å². The van der Waals surface area contributed by atoms with Gasteiger partial charge in [0.2, 0.25) is 5.91 Å². The molecule has 8 heteroatoms. The van der Waals surface area contributed by atoms with Gasteiger partial charge in [0.05, 0.1) is 12.2 Å². The van der Waals surface area contributed by atoms with Crippen LogP contribution in [0.1, 0.15) is 44.2 Å². The average molecular weight is 474 g/mol. The zero-order chi connectivity index (χ0) is 17.6. The molecule has 1 atom stereocenters. The van der Waals surface area contributed by atoms with Crippen LogP contribution in [0, 0.1) is 5.92 Å². The van der Waals surface area contributed by atoms with Gasteiger partial charge in [0.1, 0.15) is 0 Å². The number of halogens is 1. The highest BCUT2D eigenvalue weighted by Crippen LogP contribution is 2.26. The van der Waals surface area contributed by atoms with Crippen LogP contribution in [0.3, 0.4) is 0 Å². The summed E-state index contributed by atoms with van der Waals surface area (Å²) in [5, 5.41) is 10.9. The number of carbonyl (C=O) groups excluding carboxylic acids is 1. The van der Waals surface area contributed by atoms with Crippen LogP contribution in [-0.4, -0.2) is 52.7 Å². The number of hydrogen-bond acceptors (Lipinski definition) is 3. The van der Waals surface area contributed by atoms with Gasteiger partial charge < -0.3 is 15.5 Å². The predicted molar refractivity (Wildman–Crippen MR) is 114 cm³/mol. The maximum Gasteiger partial charge on any atom is 0.225 e. The minimum Gasteiger partial charge on any atom is -0.352 e. The normalized spacial score (nSPS) is 21.4. The number of nitrogens with zero attached hydrogens (tertiary/aromatic N) is 4. The van der Waals surface area contributed by atoms with Crippen molar-refractivity contribution < 1.29 is 4.79 Å². The van der Waals surface area contributed by atoms with Gasteiger partial charge in [-0.05, 0) is 25.3 Å². The quantitative estimate of drug-likeness (QED) is 0.397. The van der Waals surface area contributed by atoms with Gasteiger partial charge in [0.15, 0.2) is 5.96 Å². The van der Waals surface area contributed by atoms with Crippen molar-refractivity contribution in [3.05, 3.63) is 18.0 Å². The molecule has 26 heavy (non-hydrogen) atoms. The smallest absolute Gasteiger partial charge is 0.225 e. The van der Waals surface area contributed by atoms with E-state index in [4.69, 9.17) is 0 Å². The van der Waals surface area contributed by atoms with Crippen LogP contribution in [-0.2, 0) is 18.4 Å². The minimum atomic E-state index is 0. The minimum absolute atomic E-state index is 0. The van der Waals surface area contributed by atoms with E-state index in [1.165, 1.54) is 19.3 Å². The number of likely N-dealkylation sites (tertiary alicyclic amines) is 1. The van der Waals surface area contributed by atoms with E-state index in [0.717, 1.165) is 44.0 Å². The first kappa shape index (κ1) is 21.0. The van der Waals surface area contributed by atoms with Gasteiger partial charge in [-0.1, -0.05) is 19.3 Å². The summed E-state index contributed by atoms with van der Waals surface area (Å²) in [5.74, 6) is 1.40. The van der Waals surface area contributed by atoms with Gasteiger partial charge in [-0.2, -0.15) is 5.10 Å². The zero-order valence-electron chi connectivity index (χ0n) is 15.8. The van der Waals surface area contributed by atoms with E-state index < -0.39 is 0 Å². The molecule has 2 N–H and O–H groups in total. The number of aliphatic imine (C=N–C) groups is 1. The molecule has 1 aromatic rings. The summed E-state index contributed by atoms with van der Waals surface area (Å²) in [6.45, 7) is 2.31. The number of nitrogens with one attached hydrogen (secondary N) is 2. The first-order valence-electron chi connectivity index (χ1n) is 9.40. The van der Waals surface area contributed by atoms with Crippen LogP contribution in [0.2, 0.25) is 0 Å². The molecule has 1 aliphatic heterocycles. The maximum atomic E-state index is 12.7. The van der Waals surface area contributed by atoms with Crippen LogP contribution in [0.15, 0.2) is 17.3 Å². The Balaban J connectivity index is 0.00000243. The molecule has 2 aliphatic rings. The van der Waals surface area contributed by atoms with Gasteiger partial charge in [-0.25, -0.2) is 0 Å². The topological polar surface area (TPSA) is 74.6 Å². The van der Waals surface area contributed by atoms with Crippen molar-refractivity contribution in [3.8, 4) is 0 Å². The molecule has 0 spiro atoms. The maximum absolute atomic E-state index is 12.7. The van der Waals surface area contributed by atoms with Crippen molar-refractivity contribution in [1.29, 1.82) is 0 Å². The lowest BCUT2D eigenvalue weighted by atomic mass is 9.88. The molecule has 2 heterocycles. The average Bonchev–Trinajstić information content (AvgIpc) is 3.27. The Bertz CT molecular complexity index is 611. The number of carbonyl (C=O) groups is 1. The van der Waals surface area contributed by atoms with Crippen LogP contribution in [0.4, 0.5) is 0 Å². The summed E-state index contributed by atoms with van der Waals surface area (Å²) in [7, 11) is 3.71. The molecular weight excluding hydrogens is 443 g/mol. The fourth-order valence-electron chi connectivity index (χ4n) is 3.82. The third-order valence-electron chi connectivity index (χ3n) is 5.38. The second kappa shape index (κ2) is 10.1. The third kappa shape index (κ3) is 5.34. The molecule has 1 aromatic heterocycles. The lowest BCUT2D eigenvalue weighted by molar-refractivity contribution is -0.135. The van der Waals surface area contributed by atoms with Gasteiger partial charge in [-0.15, -0.1) is 24.0 Å². The molecule has 146 valence electrons. The Morgan fingerprint density at radius 1 is 1.31 bits per heavy atom. The van der Waals surface area contributed by atoms with Crippen LogP contribution < -0.4 is 10.6 Å². The molecule has 0 aromatic carbocycles. The van der Waals surface area contributed by atoms with Crippen LogP contribution >= 0.6 is 24.0 Å². The number of aryl methyl sites for hydroxylation is 1. The third-order valence-corrected chi connectivity index (χ3v) is 5.38. The van der Waals surface area contributed by atoms with E-state index in [2.05, 4.69) is 20.7 Å². The molecule has 2 fully saturated rings. The molecule has 3 rings (SSSR count). The van der Waals surface area contributed by atoms with E-state index >= 15 is 0 Å². The van der Waals surface area contributed by atoms with Crippen molar-refractivity contribution in [2.45, 2.75) is 51.1 Å². The second-order valence-corrected chi connectivity index (χ2v) is 7.12. The molecular formula is C18H31IN6O. The SMILES string of the molecule is CN=C(NCc1ccnn1C)NC1CCN(C(=O)C2CCCCC2)C1.I. The van der Waals surface area contributed by atoms with Crippen LogP contribution in [0.5, 0.6) is 0 Å². The molecule has 1 saturated heterocycles. The fraction of sp³-hybridized carbons (Fsp3) is 0.722. The number of amides is 1. The van der Waals surface area contributed by atoms with E-state index in [1.54, 1.807) is 13.2 Å². The molecule has 1 amide bonds. The molecule has 1 aliphatic carbocycles. The first-order valence-corrected chi connectivity index (χ1v) is 9.40.